The standard InChI is InChI=1S/C13H20N4O3.ClH/c1-4-20-11(19)12(2,3)17-8-9(7-15-17)16-10(18)13(14)5-6-13;/h7-8H,4-6,14H2,1-3H3,(H,16,18);1H. The maximum absolute atomic E-state index is 11.9. The predicted octanol–water partition coefficient (Wildman–Crippen LogP) is 1.03. The number of hydrogen-bond donors (Lipinski definition) is 2. The minimum atomic E-state index is -0.932. The minimum absolute atomic E-state index is 0. The molecular weight excluding hydrogens is 296 g/mol. The van der Waals surface area contributed by atoms with Crippen molar-refractivity contribution in [3.8, 4) is 0 Å². The van der Waals surface area contributed by atoms with E-state index < -0.39 is 11.1 Å². The van der Waals surface area contributed by atoms with E-state index in [2.05, 4.69) is 10.4 Å². The van der Waals surface area contributed by atoms with Crippen molar-refractivity contribution in [1.82, 2.24) is 9.78 Å². The number of nitrogens with two attached hydrogens (primary N) is 1. The average Bonchev–Trinajstić information content (AvgIpc) is 2.96. The van der Waals surface area contributed by atoms with Gasteiger partial charge in [-0.1, -0.05) is 0 Å². The molecule has 1 aliphatic carbocycles. The van der Waals surface area contributed by atoms with Crippen LogP contribution in [0.2, 0.25) is 0 Å². The van der Waals surface area contributed by atoms with Gasteiger partial charge in [0, 0.05) is 6.20 Å². The highest BCUT2D eigenvalue weighted by atomic mass is 35.5. The Bertz CT molecular complexity index is 537. The number of nitrogens with one attached hydrogen (secondary N) is 1. The molecule has 1 aromatic heterocycles. The van der Waals surface area contributed by atoms with E-state index in [0.29, 0.717) is 25.1 Å². The summed E-state index contributed by atoms with van der Waals surface area (Å²) in [6.07, 6.45) is 4.48. The van der Waals surface area contributed by atoms with Crippen molar-refractivity contribution < 1.29 is 14.3 Å². The van der Waals surface area contributed by atoms with Crippen molar-refractivity contribution >= 4 is 30.0 Å². The highest BCUT2D eigenvalue weighted by Gasteiger charge is 2.46. The third kappa shape index (κ3) is 3.54. The highest BCUT2D eigenvalue weighted by Crippen LogP contribution is 2.33. The zero-order chi connectivity index (χ0) is 15.0. The summed E-state index contributed by atoms with van der Waals surface area (Å²) in [6, 6.07) is 0. The fourth-order valence-corrected chi connectivity index (χ4v) is 1.71. The molecule has 118 valence electrons. The van der Waals surface area contributed by atoms with Crippen LogP contribution in [0.4, 0.5) is 5.69 Å². The average molecular weight is 317 g/mol. The first-order valence-corrected chi connectivity index (χ1v) is 6.62. The number of aromatic nitrogens is 2. The lowest BCUT2D eigenvalue weighted by atomic mass is 10.1. The number of esters is 1. The number of amides is 1. The van der Waals surface area contributed by atoms with E-state index in [1.807, 2.05) is 0 Å². The first-order chi connectivity index (χ1) is 9.29. The van der Waals surface area contributed by atoms with E-state index in [-0.39, 0.29) is 24.3 Å². The largest absolute Gasteiger partial charge is 0.464 e. The topological polar surface area (TPSA) is 99.2 Å². The van der Waals surface area contributed by atoms with Crippen molar-refractivity contribution in [3.05, 3.63) is 12.4 Å². The summed E-state index contributed by atoms with van der Waals surface area (Å²) in [5.74, 6) is -0.593. The maximum Gasteiger partial charge on any atom is 0.333 e. The molecule has 21 heavy (non-hydrogen) atoms. The third-order valence-electron chi connectivity index (χ3n) is 3.43. The molecule has 8 heteroatoms. The Morgan fingerprint density at radius 3 is 2.67 bits per heavy atom. The van der Waals surface area contributed by atoms with Crippen LogP contribution in [0.5, 0.6) is 0 Å². The molecule has 7 nitrogen and oxygen atoms in total. The van der Waals surface area contributed by atoms with Crippen molar-refractivity contribution in [2.45, 2.75) is 44.7 Å². The first kappa shape index (κ1) is 17.5. The summed E-state index contributed by atoms with van der Waals surface area (Å²) in [4.78, 5) is 23.7. The summed E-state index contributed by atoms with van der Waals surface area (Å²) < 4.78 is 6.48. The Balaban J connectivity index is 0.00000220. The van der Waals surface area contributed by atoms with Gasteiger partial charge < -0.3 is 15.8 Å². The summed E-state index contributed by atoms with van der Waals surface area (Å²) in [5, 5.41) is 6.82. The SMILES string of the molecule is CCOC(=O)C(C)(C)n1cc(NC(=O)C2(N)CC2)cn1.Cl. The van der Waals surface area contributed by atoms with Gasteiger partial charge in [-0.3, -0.25) is 9.48 Å². The molecule has 2 rings (SSSR count). The molecule has 1 heterocycles. The molecule has 0 unspecified atom stereocenters. The van der Waals surface area contributed by atoms with E-state index in [4.69, 9.17) is 10.5 Å². The van der Waals surface area contributed by atoms with Gasteiger partial charge >= 0.3 is 5.97 Å². The first-order valence-electron chi connectivity index (χ1n) is 6.62. The number of carbonyl (C=O) groups excluding carboxylic acids is 2. The summed E-state index contributed by atoms with van der Waals surface area (Å²) in [7, 11) is 0. The van der Waals surface area contributed by atoms with Crippen LogP contribution in [0.1, 0.15) is 33.6 Å². The van der Waals surface area contributed by atoms with Crippen LogP contribution in [-0.4, -0.2) is 33.8 Å². The number of carbonyl (C=O) groups is 2. The lowest BCUT2D eigenvalue weighted by Gasteiger charge is -2.22. The van der Waals surface area contributed by atoms with Gasteiger partial charge in [0.2, 0.25) is 5.91 Å². The fourth-order valence-electron chi connectivity index (χ4n) is 1.71. The number of ether oxygens (including phenoxy) is 1. The second kappa shape index (κ2) is 6.03. The van der Waals surface area contributed by atoms with Crippen molar-refractivity contribution in [2.75, 3.05) is 11.9 Å². The molecule has 0 radical (unpaired) electrons. The number of anilines is 1. The Labute approximate surface area is 129 Å². The molecule has 1 fully saturated rings. The van der Waals surface area contributed by atoms with Gasteiger partial charge in [0.1, 0.15) is 0 Å². The van der Waals surface area contributed by atoms with Gasteiger partial charge in [0.15, 0.2) is 5.54 Å². The van der Waals surface area contributed by atoms with Gasteiger partial charge in [-0.05, 0) is 33.6 Å². The van der Waals surface area contributed by atoms with Gasteiger partial charge in [-0.15, -0.1) is 12.4 Å². The van der Waals surface area contributed by atoms with Crippen LogP contribution in [0.3, 0.4) is 0 Å². The van der Waals surface area contributed by atoms with E-state index in [1.54, 1.807) is 27.0 Å². The second-order valence-corrected chi connectivity index (χ2v) is 5.56. The lowest BCUT2D eigenvalue weighted by Crippen LogP contribution is -2.38. The van der Waals surface area contributed by atoms with E-state index >= 15 is 0 Å². The van der Waals surface area contributed by atoms with Gasteiger partial charge in [-0.25, -0.2) is 4.79 Å². The van der Waals surface area contributed by atoms with E-state index in [9.17, 15) is 9.59 Å². The Morgan fingerprint density at radius 1 is 1.52 bits per heavy atom. The van der Waals surface area contributed by atoms with Gasteiger partial charge in [0.25, 0.3) is 0 Å². The van der Waals surface area contributed by atoms with E-state index in [0.717, 1.165) is 0 Å². The molecule has 1 aliphatic rings. The molecular formula is C13H21ClN4O3. The molecule has 0 saturated heterocycles. The van der Waals surface area contributed by atoms with Crippen molar-refractivity contribution in [2.24, 2.45) is 5.73 Å². The Hall–Kier alpha value is -1.60. The van der Waals surface area contributed by atoms with Crippen LogP contribution in [0.15, 0.2) is 12.4 Å². The number of nitrogens with zero attached hydrogens (tertiary/aromatic N) is 2. The maximum atomic E-state index is 11.9. The summed E-state index contributed by atoms with van der Waals surface area (Å²) in [6.45, 7) is 5.46. The lowest BCUT2D eigenvalue weighted by molar-refractivity contribution is -0.152. The highest BCUT2D eigenvalue weighted by molar-refractivity contribution is 5.99. The molecule has 0 aliphatic heterocycles. The molecule has 0 bridgehead atoms. The molecule has 0 aromatic carbocycles. The Morgan fingerprint density at radius 2 is 2.14 bits per heavy atom. The molecule has 0 spiro atoms. The number of rotatable bonds is 5. The van der Waals surface area contributed by atoms with Gasteiger partial charge in [0.05, 0.1) is 24.0 Å². The van der Waals surface area contributed by atoms with Crippen LogP contribution < -0.4 is 11.1 Å². The van der Waals surface area contributed by atoms with Crippen LogP contribution >= 0.6 is 12.4 Å². The smallest absolute Gasteiger partial charge is 0.333 e. The minimum Gasteiger partial charge on any atom is -0.464 e. The number of hydrogen-bond acceptors (Lipinski definition) is 5. The molecule has 0 atom stereocenters. The predicted molar refractivity (Wildman–Crippen MR) is 80.2 cm³/mol. The van der Waals surface area contributed by atoms with Crippen LogP contribution in [0.25, 0.3) is 0 Å². The van der Waals surface area contributed by atoms with Crippen molar-refractivity contribution in [3.63, 3.8) is 0 Å². The van der Waals surface area contributed by atoms with Gasteiger partial charge in [-0.2, -0.15) is 5.10 Å². The quantitative estimate of drug-likeness (QED) is 0.790. The molecule has 1 amide bonds. The van der Waals surface area contributed by atoms with Crippen LogP contribution in [-0.2, 0) is 19.9 Å². The van der Waals surface area contributed by atoms with Crippen molar-refractivity contribution in [1.29, 1.82) is 0 Å². The summed E-state index contributed by atoms with van der Waals surface area (Å²) >= 11 is 0. The third-order valence-corrected chi connectivity index (χ3v) is 3.43. The Kier molecular flexibility index (Phi) is 5.01. The second-order valence-electron chi connectivity index (χ2n) is 5.56. The summed E-state index contributed by atoms with van der Waals surface area (Å²) in [5.41, 5.74) is 4.65. The normalized spacial score (nSPS) is 15.8. The van der Waals surface area contributed by atoms with E-state index in [1.165, 1.54) is 10.9 Å². The molecule has 3 N–H and O–H groups in total. The van der Waals surface area contributed by atoms with Crippen LogP contribution in [0, 0.1) is 0 Å². The monoisotopic (exact) mass is 316 g/mol. The zero-order valence-electron chi connectivity index (χ0n) is 12.4. The molecule has 1 aromatic rings. The number of halogens is 1. The fraction of sp³-hybridized carbons (Fsp3) is 0.615. The zero-order valence-corrected chi connectivity index (χ0v) is 13.2. The molecule has 1 saturated carbocycles.